The van der Waals surface area contributed by atoms with Crippen LogP contribution in [0.25, 0.3) is 0 Å². The smallest absolute Gasteiger partial charge is 0.326 e. The molecule has 0 aliphatic rings. The molecule has 0 unspecified atom stereocenters. The molecule has 0 saturated heterocycles. The van der Waals surface area contributed by atoms with Crippen LogP contribution in [0.5, 0.6) is 11.8 Å². The van der Waals surface area contributed by atoms with Crippen molar-refractivity contribution in [1.29, 1.82) is 0 Å². The van der Waals surface area contributed by atoms with Crippen molar-refractivity contribution in [1.82, 2.24) is 9.97 Å². The highest BCUT2D eigenvalue weighted by Crippen LogP contribution is 2.18. The fraction of sp³-hybridized carbons (Fsp3) is 0.154. The third-order valence-corrected chi connectivity index (χ3v) is 2.64. The highest BCUT2D eigenvalue weighted by Gasteiger charge is 2.09. The molecule has 0 spiro atoms. The minimum Gasteiger partial charge on any atom is -0.481 e. The number of benzene rings is 1. The molecular weight excluding hydrogens is 296 g/mol. The highest BCUT2D eigenvalue weighted by molar-refractivity contribution is 6.30. The Morgan fingerprint density at radius 1 is 1.10 bits per heavy atom. The SMILES string of the molecule is COc1cc(OC)nc(NC(=O)Nc2cccc(Cl)c2)n1. The molecule has 0 aliphatic heterocycles. The van der Waals surface area contributed by atoms with E-state index in [2.05, 4.69) is 20.6 Å². The predicted molar refractivity (Wildman–Crippen MR) is 79.2 cm³/mol. The van der Waals surface area contributed by atoms with Crippen molar-refractivity contribution in [3.05, 3.63) is 35.4 Å². The summed E-state index contributed by atoms with van der Waals surface area (Å²) in [5.74, 6) is 0.616. The number of hydrogen-bond donors (Lipinski definition) is 2. The molecule has 110 valence electrons. The maximum Gasteiger partial charge on any atom is 0.326 e. The lowest BCUT2D eigenvalue weighted by atomic mass is 10.3. The summed E-state index contributed by atoms with van der Waals surface area (Å²) in [4.78, 5) is 19.8. The molecule has 2 aromatic rings. The van der Waals surface area contributed by atoms with E-state index in [-0.39, 0.29) is 17.7 Å². The summed E-state index contributed by atoms with van der Waals surface area (Å²) >= 11 is 5.84. The lowest BCUT2D eigenvalue weighted by molar-refractivity contribution is 0.262. The van der Waals surface area contributed by atoms with Crippen LogP contribution >= 0.6 is 11.6 Å². The first kappa shape index (κ1) is 14.9. The molecule has 8 heteroatoms. The van der Waals surface area contributed by atoms with Crippen molar-refractivity contribution in [3.63, 3.8) is 0 Å². The lowest BCUT2D eigenvalue weighted by Crippen LogP contribution is -2.21. The van der Waals surface area contributed by atoms with Gasteiger partial charge >= 0.3 is 6.03 Å². The van der Waals surface area contributed by atoms with Gasteiger partial charge in [0.1, 0.15) is 0 Å². The second-order valence-electron chi connectivity index (χ2n) is 3.87. The zero-order valence-corrected chi connectivity index (χ0v) is 12.1. The molecule has 0 aliphatic carbocycles. The van der Waals surface area contributed by atoms with Gasteiger partial charge in [0.15, 0.2) is 0 Å². The van der Waals surface area contributed by atoms with Gasteiger partial charge in [-0.3, -0.25) is 5.32 Å². The second-order valence-corrected chi connectivity index (χ2v) is 4.30. The quantitative estimate of drug-likeness (QED) is 0.907. The topological polar surface area (TPSA) is 85.4 Å². The average Bonchev–Trinajstić information content (AvgIpc) is 2.46. The summed E-state index contributed by atoms with van der Waals surface area (Å²) in [5, 5.41) is 5.61. The van der Waals surface area contributed by atoms with Crippen molar-refractivity contribution in [2.45, 2.75) is 0 Å². The molecule has 1 aromatic heterocycles. The maximum absolute atomic E-state index is 11.9. The minimum absolute atomic E-state index is 0.0609. The zero-order valence-electron chi connectivity index (χ0n) is 11.4. The Labute approximate surface area is 126 Å². The van der Waals surface area contributed by atoms with E-state index in [0.29, 0.717) is 10.7 Å². The van der Waals surface area contributed by atoms with Crippen molar-refractivity contribution >= 4 is 29.3 Å². The van der Waals surface area contributed by atoms with Crippen LogP contribution in [0.1, 0.15) is 0 Å². The largest absolute Gasteiger partial charge is 0.481 e. The van der Waals surface area contributed by atoms with E-state index < -0.39 is 6.03 Å². The monoisotopic (exact) mass is 308 g/mol. The number of ether oxygens (including phenoxy) is 2. The Balaban J connectivity index is 2.08. The molecule has 0 radical (unpaired) electrons. The summed E-state index contributed by atoms with van der Waals surface area (Å²) in [6, 6.07) is 7.75. The molecule has 0 fully saturated rings. The molecular formula is C13H13ClN4O3. The fourth-order valence-electron chi connectivity index (χ4n) is 1.50. The molecule has 0 bridgehead atoms. The molecule has 2 N–H and O–H groups in total. The van der Waals surface area contributed by atoms with E-state index in [1.54, 1.807) is 24.3 Å². The number of methoxy groups -OCH3 is 2. The molecule has 2 rings (SSSR count). The summed E-state index contributed by atoms with van der Waals surface area (Å²) in [5.41, 5.74) is 0.551. The molecule has 1 aromatic carbocycles. The van der Waals surface area contributed by atoms with Crippen LogP contribution in [0.15, 0.2) is 30.3 Å². The molecule has 1 heterocycles. The number of urea groups is 1. The molecule has 0 atom stereocenters. The van der Waals surface area contributed by atoms with Crippen molar-refractivity contribution in [3.8, 4) is 11.8 Å². The van der Waals surface area contributed by atoms with Gasteiger partial charge in [0.05, 0.1) is 20.3 Å². The first-order valence-electron chi connectivity index (χ1n) is 5.91. The predicted octanol–water partition coefficient (Wildman–Crippen LogP) is 2.79. The molecule has 21 heavy (non-hydrogen) atoms. The zero-order chi connectivity index (χ0) is 15.2. The summed E-state index contributed by atoms with van der Waals surface area (Å²) in [6.45, 7) is 0. The summed E-state index contributed by atoms with van der Waals surface area (Å²) in [6.07, 6.45) is 0. The van der Waals surface area contributed by atoms with Gasteiger partial charge in [-0.05, 0) is 18.2 Å². The summed E-state index contributed by atoms with van der Waals surface area (Å²) in [7, 11) is 2.91. The van der Waals surface area contributed by atoms with E-state index in [1.807, 2.05) is 0 Å². The van der Waals surface area contributed by atoms with Crippen LogP contribution < -0.4 is 20.1 Å². The standard InChI is InChI=1S/C13H13ClN4O3/c1-20-10-7-11(21-2)17-12(16-10)18-13(19)15-9-5-3-4-8(14)6-9/h3-7H,1-2H3,(H2,15,16,17,18,19). The highest BCUT2D eigenvalue weighted by atomic mass is 35.5. The van der Waals surface area contributed by atoms with Gasteiger partial charge in [-0.1, -0.05) is 17.7 Å². The van der Waals surface area contributed by atoms with Crippen LogP contribution in [-0.4, -0.2) is 30.2 Å². The van der Waals surface area contributed by atoms with Crippen LogP contribution in [0.2, 0.25) is 5.02 Å². The number of nitrogens with one attached hydrogen (secondary N) is 2. The van der Waals surface area contributed by atoms with Crippen LogP contribution in [0.3, 0.4) is 0 Å². The normalized spacial score (nSPS) is 9.86. The number of anilines is 2. The van der Waals surface area contributed by atoms with Gasteiger partial charge in [0.25, 0.3) is 0 Å². The van der Waals surface area contributed by atoms with Gasteiger partial charge < -0.3 is 14.8 Å². The van der Waals surface area contributed by atoms with Gasteiger partial charge in [0, 0.05) is 10.7 Å². The molecule has 0 saturated carbocycles. The van der Waals surface area contributed by atoms with Crippen molar-refractivity contribution in [2.24, 2.45) is 0 Å². The van der Waals surface area contributed by atoms with E-state index in [4.69, 9.17) is 21.1 Å². The third-order valence-electron chi connectivity index (χ3n) is 2.41. The van der Waals surface area contributed by atoms with Gasteiger partial charge in [-0.15, -0.1) is 0 Å². The number of nitrogens with zero attached hydrogens (tertiary/aromatic N) is 2. The Bertz CT molecular complexity index is 629. The minimum atomic E-state index is -0.507. The van der Waals surface area contributed by atoms with E-state index in [0.717, 1.165) is 0 Å². The van der Waals surface area contributed by atoms with E-state index in [1.165, 1.54) is 20.3 Å². The molecule has 2 amide bonds. The van der Waals surface area contributed by atoms with Crippen molar-refractivity contribution in [2.75, 3.05) is 24.9 Å². The Hall–Kier alpha value is -2.54. The number of carbonyl (C=O) groups is 1. The van der Waals surface area contributed by atoms with E-state index >= 15 is 0 Å². The maximum atomic E-state index is 11.9. The van der Waals surface area contributed by atoms with Gasteiger partial charge in [0.2, 0.25) is 17.7 Å². The first-order valence-corrected chi connectivity index (χ1v) is 6.29. The number of hydrogen-bond acceptors (Lipinski definition) is 5. The molecule has 7 nitrogen and oxygen atoms in total. The summed E-state index contributed by atoms with van der Waals surface area (Å²) < 4.78 is 9.99. The lowest BCUT2D eigenvalue weighted by Gasteiger charge is -2.09. The Kier molecular flexibility index (Phi) is 4.78. The number of halogens is 1. The Morgan fingerprint density at radius 3 is 2.33 bits per heavy atom. The van der Waals surface area contributed by atoms with Gasteiger partial charge in [-0.2, -0.15) is 9.97 Å². The number of rotatable bonds is 4. The fourth-order valence-corrected chi connectivity index (χ4v) is 1.69. The number of carbonyl (C=O) groups excluding carboxylic acids is 1. The van der Waals surface area contributed by atoms with Crippen LogP contribution in [-0.2, 0) is 0 Å². The van der Waals surface area contributed by atoms with Gasteiger partial charge in [-0.25, -0.2) is 4.79 Å². The Morgan fingerprint density at radius 2 is 1.76 bits per heavy atom. The second kappa shape index (κ2) is 6.76. The van der Waals surface area contributed by atoms with Crippen molar-refractivity contribution < 1.29 is 14.3 Å². The van der Waals surface area contributed by atoms with E-state index in [9.17, 15) is 4.79 Å². The van der Waals surface area contributed by atoms with Crippen LogP contribution in [0, 0.1) is 0 Å². The average molecular weight is 309 g/mol. The van der Waals surface area contributed by atoms with Crippen LogP contribution in [0.4, 0.5) is 16.4 Å². The first-order chi connectivity index (χ1) is 10.1. The number of amides is 2. The number of aromatic nitrogens is 2. The third kappa shape index (κ3) is 4.22.